The molecule has 0 saturated heterocycles. The largest absolute Gasteiger partial charge is 0.480 e. The van der Waals surface area contributed by atoms with Crippen molar-refractivity contribution >= 4 is 7.60 Å². The summed E-state index contributed by atoms with van der Waals surface area (Å²) in [5.41, 5.74) is 0. The zero-order valence-electron chi connectivity index (χ0n) is 20.4. The molecule has 6 heteroatoms. The normalized spacial score (nSPS) is 13.8. The van der Waals surface area contributed by atoms with E-state index in [2.05, 4.69) is 6.92 Å². The quantitative estimate of drug-likeness (QED) is 0.0859. The first-order valence-corrected chi connectivity index (χ1v) is 14.0. The SMILES string of the molecule is CCCCCCCCCCCCCCCCC/C=C/OC(C[N+](C)(C)C)P(=O)(O)O. The van der Waals surface area contributed by atoms with Gasteiger partial charge in [-0.05, 0) is 18.9 Å². The lowest BCUT2D eigenvalue weighted by Crippen LogP contribution is -2.41. The predicted molar refractivity (Wildman–Crippen MR) is 129 cm³/mol. The number of nitrogens with zero attached hydrogens (tertiary/aromatic N) is 1. The van der Waals surface area contributed by atoms with E-state index in [4.69, 9.17) is 4.74 Å². The van der Waals surface area contributed by atoms with Crippen LogP contribution in [-0.4, -0.2) is 47.8 Å². The maximum Gasteiger partial charge on any atom is 0.371 e. The number of allylic oxidation sites excluding steroid dienone is 1. The number of hydrogen-bond donors (Lipinski definition) is 2. The fraction of sp³-hybridized carbons (Fsp3) is 0.917. The maximum atomic E-state index is 11.5. The van der Waals surface area contributed by atoms with E-state index < -0.39 is 13.4 Å². The van der Waals surface area contributed by atoms with Gasteiger partial charge in [-0.3, -0.25) is 4.57 Å². The van der Waals surface area contributed by atoms with Crippen molar-refractivity contribution in [2.24, 2.45) is 0 Å². The Balaban J connectivity index is 3.51. The molecule has 1 atom stereocenters. The summed E-state index contributed by atoms with van der Waals surface area (Å²) >= 11 is 0. The fourth-order valence-corrected chi connectivity index (χ4v) is 4.48. The molecule has 0 spiro atoms. The molecule has 1 unspecified atom stereocenters. The molecule has 0 aliphatic heterocycles. The maximum absolute atomic E-state index is 11.5. The van der Waals surface area contributed by atoms with Gasteiger partial charge in [0.1, 0.15) is 6.54 Å². The van der Waals surface area contributed by atoms with Crippen molar-refractivity contribution in [2.45, 2.75) is 116 Å². The van der Waals surface area contributed by atoms with Crippen molar-refractivity contribution in [3.05, 3.63) is 12.3 Å². The first kappa shape index (κ1) is 29.7. The molecule has 2 N–H and O–H groups in total. The topological polar surface area (TPSA) is 66.8 Å². The minimum absolute atomic E-state index is 0.271. The zero-order chi connectivity index (χ0) is 22.7. The van der Waals surface area contributed by atoms with Crippen molar-refractivity contribution in [2.75, 3.05) is 27.7 Å². The Hall–Kier alpha value is -0.350. The van der Waals surface area contributed by atoms with Crippen LogP contribution in [0, 0.1) is 0 Å². The highest BCUT2D eigenvalue weighted by molar-refractivity contribution is 7.52. The van der Waals surface area contributed by atoms with Crippen LogP contribution in [0.5, 0.6) is 0 Å². The number of likely N-dealkylation sites (N-methyl/N-ethyl adjacent to an activating group) is 1. The van der Waals surface area contributed by atoms with Crippen LogP contribution in [0.25, 0.3) is 0 Å². The van der Waals surface area contributed by atoms with Gasteiger partial charge in [-0.15, -0.1) is 0 Å². The number of ether oxygens (including phenoxy) is 1. The lowest BCUT2D eigenvalue weighted by atomic mass is 10.0. The van der Waals surface area contributed by atoms with Crippen LogP contribution < -0.4 is 0 Å². The van der Waals surface area contributed by atoms with Gasteiger partial charge in [-0.1, -0.05) is 96.8 Å². The number of rotatable bonds is 21. The van der Waals surface area contributed by atoms with Gasteiger partial charge in [-0.25, -0.2) is 0 Å². The molecule has 0 amide bonds. The molecule has 0 aromatic rings. The lowest BCUT2D eigenvalue weighted by Gasteiger charge is -2.28. The van der Waals surface area contributed by atoms with Crippen LogP contribution in [-0.2, 0) is 9.30 Å². The van der Waals surface area contributed by atoms with Gasteiger partial charge >= 0.3 is 7.60 Å². The first-order valence-electron chi connectivity index (χ1n) is 12.3. The van der Waals surface area contributed by atoms with E-state index in [0.717, 1.165) is 12.8 Å². The summed E-state index contributed by atoms with van der Waals surface area (Å²) in [5, 5.41) is 0. The monoisotopic (exact) mass is 448 g/mol. The second kappa shape index (κ2) is 18.2. The van der Waals surface area contributed by atoms with E-state index >= 15 is 0 Å². The molecule has 0 saturated carbocycles. The van der Waals surface area contributed by atoms with Crippen molar-refractivity contribution in [1.29, 1.82) is 0 Å². The van der Waals surface area contributed by atoms with Gasteiger partial charge in [0.05, 0.1) is 27.4 Å². The summed E-state index contributed by atoms with van der Waals surface area (Å²) in [6.07, 6.45) is 24.5. The van der Waals surface area contributed by atoms with E-state index in [1.165, 1.54) is 96.2 Å². The molecule has 0 radical (unpaired) electrons. The number of hydrogen-bond acceptors (Lipinski definition) is 2. The van der Waals surface area contributed by atoms with Crippen molar-refractivity contribution in [3.63, 3.8) is 0 Å². The van der Waals surface area contributed by atoms with Crippen molar-refractivity contribution < 1.29 is 23.6 Å². The summed E-state index contributed by atoms with van der Waals surface area (Å²) in [5.74, 6) is -1.07. The summed E-state index contributed by atoms with van der Waals surface area (Å²) in [6.45, 7) is 2.54. The van der Waals surface area contributed by atoms with Crippen LogP contribution >= 0.6 is 7.60 Å². The molecule has 0 bridgehead atoms. The Morgan fingerprint density at radius 3 is 1.53 bits per heavy atom. The fourth-order valence-electron chi connectivity index (χ4n) is 3.55. The average molecular weight is 449 g/mol. The van der Waals surface area contributed by atoms with Gasteiger partial charge in [0, 0.05) is 0 Å². The van der Waals surface area contributed by atoms with E-state index in [1.54, 1.807) is 0 Å². The third-order valence-corrected chi connectivity index (χ3v) is 6.42. The second-order valence-corrected chi connectivity index (χ2v) is 11.5. The predicted octanol–water partition coefficient (Wildman–Crippen LogP) is 6.99. The van der Waals surface area contributed by atoms with Crippen molar-refractivity contribution in [3.8, 4) is 0 Å². The standard InChI is InChI=1S/C24H50NO4P/c1-5-6-7-8-9-10-11-12-13-14-15-16-17-18-19-20-21-22-29-24(30(26,27)28)23-25(2,3)4/h21-22,24H,5-20,23H2,1-4H3,(H-,26,27,28)/p+1/b22-21+. The van der Waals surface area contributed by atoms with E-state index in [0.29, 0.717) is 4.48 Å². The third kappa shape index (κ3) is 20.9. The molecule has 0 heterocycles. The smallest absolute Gasteiger partial charge is 0.371 e. The molecule has 30 heavy (non-hydrogen) atoms. The minimum Gasteiger partial charge on any atom is -0.480 e. The van der Waals surface area contributed by atoms with Gasteiger partial charge in [0.15, 0.2) is 0 Å². The van der Waals surface area contributed by atoms with Crippen LogP contribution in [0.2, 0.25) is 0 Å². The summed E-state index contributed by atoms with van der Waals surface area (Å²) in [7, 11) is 1.43. The number of quaternary nitrogens is 1. The summed E-state index contributed by atoms with van der Waals surface area (Å²) in [6, 6.07) is 0. The van der Waals surface area contributed by atoms with Crippen molar-refractivity contribution in [1.82, 2.24) is 0 Å². The molecular weight excluding hydrogens is 397 g/mol. The van der Waals surface area contributed by atoms with Gasteiger partial charge in [-0.2, -0.15) is 0 Å². The van der Waals surface area contributed by atoms with E-state index in [1.807, 2.05) is 27.2 Å². The molecule has 0 fully saturated rings. The van der Waals surface area contributed by atoms with Crippen LogP contribution in [0.4, 0.5) is 0 Å². The first-order chi connectivity index (χ1) is 14.2. The molecule has 0 rings (SSSR count). The molecule has 5 nitrogen and oxygen atoms in total. The highest BCUT2D eigenvalue weighted by Crippen LogP contribution is 2.42. The minimum atomic E-state index is -4.25. The van der Waals surface area contributed by atoms with Gasteiger partial charge in [0.2, 0.25) is 5.85 Å². The Morgan fingerprint density at radius 2 is 1.17 bits per heavy atom. The molecule has 180 valence electrons. The molecule has 0 aromatic carbocycles. The molecule has 0 aromatic heterocycles. The molecular formula is C24H51NO4P+. The summed E-state index contributed by atoms with van der Waals surface area (Å²) < 4.78 is 17.3. The second-order valence-electron chi connectivity index (χ2n) is 9.76. The van der Waals surface area contributed by atoms with Crippen LogP contribution in [0.1, 0.15) is 110 Å². The Kier molecular flexibility index (Phi) is 18.0. The highest BCUT2D eigenvalue weighted by atomic mass is 31.2. The summed E-state index contributed by atoms with van der Waals surface area (Å²) in [4.78, 5) is 18.9. The Morgan fingerprint density at radius 1 is 0.767 bits per heavy atom. The zero-order valence-corrected chi connectivity index (χ0v) is 21.3. The molecule has 0 aliphatic carbocycles. The van der Waals surface area contributed by atoms with E-state index in [9.17, 15) is 14.4 Å². The van der Waals surface area contributed by atoms with Crippen LogP contribution in [0.3, 0.4) is 0 Å². The third-order valence-electron chi connectivity index (χ3n) is 5.39. The Bertz CT molecular complexity index is 457. The highest BCUT2D eigenvalue weighted by Gasteiger charge is 2.34. The lowest BCUT2D eigenvalue weighted by molar-refractivity contribution is -0.872. The van der Waals surface area contributed by atoms with Gasteiger partial charge < -0.3 is 19.0 Å². The molecule has 0 aliphatic rings. The number of unbranched alkanes of at least 4 members (excludes halogenated alkanes) is 15. The van der Waals surface area contributed by atoms with E-state index in [-0.39, 0.29) is 6.54 Å². The van der Waals surface area contributed by atoms with Gasteiger partial charge in [0.25, 0.3) is 0 Å². The average Bonchev–Trinajstić information content (AvgIpc) is 2.64. The van der Waals surface area contributed by atoms with Crippen LogP contribution in [0.15, 0.2) is 12.3 Å². The Labute approximate surface area is 187 Å².